The molecule has 0 saturated carbocycles. The van der Waals surface area contributed by atoms with Gasteiger partial charge in [0.05, 0.1) is 35.6 Å². The van der Waals surface area contributed by atoms with Crippen molar-refractivity contribution in [3.05, 3.63) is 54.5 Å². The Hall–Kier alpha value is -4.50. The molecule has 5 N–H and O–H groups in total. The van der Waals surface area contributed by atoms with Crippen LogP contribution in [0.3, 0.4) is 0 Å². The lowest BCUT2D eigenvalue weighted by atomic mass is 10.1. The van der Waals surface area contributed by atoms with Gasteiger partial charge < -0.3 is 26.0 Å². The van der Waals surface area contributed by atoms with Gasteiger partial charge in [0.1, 0.15) is 17.1 Å². The predicted molar refractivity (Wildman–Crippen MR) is 148 cm³/mol. The summed E-state index contributed by atoms with van der Waals surface area (Å²) >= 11 is 0. The number of nitrogens with zero attached hydrogens (tertiary/aromatic N) is 5. The number of hydrogen-bond acceptors (Lipinski definition) is 10. The number of likely N-dealkylation sites (tertiary alicyclic amines) is 1. The van der Waals surface area contributed by atoms with E-state index < -0.39 is 15.9 Å². The van der Waals surface area contributed by atoms with E-state index in [1.165, 1.54) is 38.6 Å². The number of rotatable bonds is 10. The Morgan fingerprint density at radius 1 is 1.25 bits per heavy atom. The van der Waals surface area contributed by atoms with Crippen LogP contribution in [0.1, 0.15) is 34.8 Å². The molecule has 212 valence electrons. The summed E-state index contributed by atoms with van der Waals surface area (Å²) < 4.78 is 34.1. The number of primary amides is 1. The van der Waals surface area contributed by atoms with Gasteiger partial charge in [-0.2, -0.15) is 10.1 Å². The Balaban J connectivity index is 1.60. The van der Waals surface area contributed by atoms with E-state index in [9.17, 15) is 18.0 Å². The van der Waals surface area contributed by atoms with Gasteiger partial charge in [0.2, 0.25) is 21.9 Å². The van der Waals surface area contributed by atoms with Crippen LogP contribution in [0.25, 0.3) is 0 Å². The first-order chi connectivity index (χ1) is 19.1. The third kappa shape index (κ3) is 6.05. The van der Waals surface area contributed by atoms with Crippen molar-refractivity contribution < 1.29 is 22.7 Å². The van der Waals surface area contributed by atoms with Crippen LogP contribution in [0.4, 0.5) is 23.1 Å². The molecule has 1 saturated heterocycles. The lowest BCUT2D eigenvalue weighted by molar-refractivity contribution is -0.127. The van der Waals surface area contributed by atoms with E-state index in [1.807, 2.05) is 0 Å². The van der Waals surface area contributed by atoms with Crippen molar-refractivity contribution in [2.45, 2.75) is 30.7 Å². The van der Waals surface area contributed by atoms with Crippen molar-refractivity contribution in [1.82, 2.24) is 29.4 Å². The van der Waals surface area contributed by atoms with Crippen LogP contribution in [0.15, 0.2) is 48.3 Å². The summed E-state index contributed by atoms with van der Waals surface area (Å²) in [6, 6.07) is 2.83. The molecule has 1 fully saturated rings. The zero-order valence-corrected chi connectivity index (χ0v) is 23.2. The smallest absolute Gasteiger partial charge is 0.254 e. The average Bonchev–Trinajstić information content (AvgIpc) is 3.42. The van der Waals surface area contributed by atoms with Gasteiger partial charge in [-0.15, -0.1) is 0 Å². The predicted octanol–water partition coefficient (Wildman–Crippen LogP) is 1.83. The largest absolute Gasteiger partial charge is 0.495 e. The first-order valence-corrected chi connectivity index (χ1v) is 13.8. The van der Waals surface area contributed by atoms with Crippen LogP contribution in [-0.4, -0.2) is 72.1 Å². The van der Waals surface area contributed by atoms with Gasteiger partial charge in [0.15, 0.2) is 0 Å². The first kappa shape index (κ1) is 28.5. The van der Waals surface area contributed by atoms with Crippen molar-refractivity contribution in [2.24, 2.45) is 5.73 Å². The summed E-state index contributed by atoms with van der Waals surface area (Å²) in [5.41, 5.74) is 7.10. The first-order valence-electron chi connectivity index (χ1n) is 12.3. The molecule has 1 aromatic carbocycles. The summed E-state index contributed by atoms with van der Waals surface area (Å²) in [5, 5.41) is 10.5. The lowest BCUT2D eigenvalue weighted by Crippen LogP contribution is -2.39. The number of carbonyl (C=O) groups excluding carboxylic acids is 2. The topological polar surface area (TPSA) is 186 Å². The maximum absolute atomic E-state index is 12.3. The van der Waals surface area contributed by atoms with Crippen molar-refractivity contribution in [1.29, 1.82) is 0 Å². The van der Waals surface area contributed by atoms with Gasteiger partial charge in [-0.1, -0.05) is 6.58 Å². The number of hydrogen-bond donors (Lipinski definition) is 4. The van der Waals surface area contributed by atoms with Crippen molar-refractivity contribution in [2.75, 3.05) is 37.9 Å². The van der Waals surface area contributed by atoms with Crippen LogP contribution < -0.4 is 25.8 Å². The number of aryl methyl sites for hydroxylation is 1. The number of nitrogens with one attached hydrogen (secondary N) is 3. The van der Waals surface area contributed by atoms with Gasteiger partial charge in [0, 0.05) is 31.5 Å². The number of ether oxygens (including phenoxy) is 1. The van der Waals surface area contributed by atoms with Crippen molar-refractivity contribution in [3.63, 3.8) is 0 Å². The minimum atomic E-state index is -3.72. The molecule has 2 amide bonds. The molecule has 15 heteroatoms. The minimum absolute atomic E-state index is 0.00807. The van der Waals surface area contributed by atoms with Gasteiger partial charge in [0.25, 0.3) is 5.91 Å². The fourth-order valence-electron chi connectivity index (χ4n) is 4.38. The van der Waals surface area contributed by atoms with Gasteiger partial charge in [-0.05, 0) is 44.5 Å². The monoisotopic (exact) mass is 569 g/mol. The fraction of sp³-hybridized carbons (Fsp3) is 0.320. The standard InChI is InChI=1S/C25H31N9O5S/c1-5-21(35)33-8-6-7-17(14-33)34-13-16(11-29-34)30-25-28-12-19(23(26)36)24(32-25)31-22-15(2)9-18(10-20(22)39-4)40(37,38)27-3/h5,9-13,17,27H,1,6-8,14H2,2-4H3,(H2,26,36)(H2,28,30,31,32)/t17-/m0/s1. The number of methoxy groups -OCH3 is 1. The van der Waals surface area contributed by atoms with E-state index in [0.29, 0.717) is 30.0 Å². The normalized spacial score (nSPS) is 15.4. The molecule has 40 heavy (non-hydrogen) atoms. The molecule has 1 aliphatic heterocycles. The highest BCUT2D eigenvalue weighted by Crippen LogP contribution is 2.34. The molecule has 14 nitrogen and oxygen atoms in total. The third-order valence-electron chi connectivity index (χ3n) is 6.48. The lowest BCUT2D eigenvalue weighted by Gasteiger charge is -2.32. The molecule has 3 heterocycles. The van der Waals surface area contributed by atoms with E-state index in [2.05, 4.69) is 37.0 Å². The number of amides is 2. The Bertz CT molecular complexity index is 1550. The highest BCUT2D eigenvalue weighted by molar-refractivity contribution is 7.89. The molecule has 0 aliphatic carbocycles. The van der Waals surface area contributed by atoms with Crippen molar-refractivity contribution in [3.8, 4) is 5.75 Å². The Kier molecular flexibility index (Phi) is 8.35. The van der Waals surface area contributed by atoms with E-state index in [1.54, 1.807) is 28.9 Å². The molecular weight excluding hydrogens is 538 g/mol. The number of sulfonamides is 1. The number of piperidine rings is 1. The summed E-state index contributed by atoms with van der Waals surface area (Å²) in [4.78, 5) is 34.6. The van der Waals surface area contributed by atoms with E-state index in [4.69, 9.17) is 10.5 Å². The molecule has 1 aliphatic rings. The Morgan fingerprint density at radius 3 is 2.70 bits per heavy atom. The van der Waals surface area contributed by atoms with E-state index >= 15 is 0 Å². The molecule has 1 atom stereocenters. The molecular formula is C25H31N9O5S. The molecule has 0 spiro atoms. The van der Waals surface area contributed by atoms with E-state index in [-0.39, 0.29) is 39.9 Å². The SMILES string of the molecule is C=CC(=O)N1CCC[C@H](n2cc(Nc3ncc(C(N)=O)c(Nc4c(C)cc(S(=O)(=O)NC)cc4OC)n3)cn2)C1. The van der Waals surface area contributed by atoms with E-state index in [0.717, 1.165) is 12.8 Å². The number of anilines is 4. The summed E-state index contributed by atoms with van der Waals surface area (Å²) in [6.45, 7) is 6.46. The molecule has 4 rings (SSSR count). The zero-order valence-electron chi connectivity index (χ0n) is 22.3. The second-order valence-electron chi connectivity index (χ2n) is 9.09. The van der Waals surface area contributed by atoms with Crippen LogP contribution in [0.2, 0.25) is 0 Å². The average molecular weight is 570 g/mol. The highest BCUT2D eigenvalue weighted by atomic mass is 32.2. The van der Waals surface area contributed by atoms with Crippen LogP contribution in [-0.2, 0) is 14.8 Å². The summed E-state index contributed by atoms with van der Waals surface area (Å²) in [6.07, 6.45) is 7.72. The summed E-state index contributed by atoms with van der Waals surface area (Å²) in [7, 11) is -1.01. The zero-order chi connectivity index (χ0) is 29.0. The Morgan fingerprint density at radius 2 is 2.02 bits per heavy atom. The second kappa shape index (κ2) is 11.7. The molecule has 0 radical (unpaired) electrons. The maximum atomic E-state index is 12.3. The number of carbonyl (C=O) groups is 2. The molecule has 0 bridgehead atoms. The van der Waals surface area contributed by atoms with Crippen LogP contribution in [0, 0.1) is 6.92 Å². The highest BCUT2D eigenvalue weighted by Gasteiger charge is 2.24. The van der Waals surface area contributed by atoms with Crippen LogP contribution >= 0.6 is 0 Å². The second-order valence-corrected chi connectivity index (χ2v) is 11.0. The number of benzene rings is 1. The summed E-state index contributed by atoms with van der Waals surface area (Å²) in [5.74, 6) is -0.402. The quantitative estimate of drug-likeness (QED) is 0.262. The van der Waals surface area contributed by atoms with Gasteiger partial charge in [-0.3, -0.25) is 14.3 Å². The van der Waals surface area contributed by atoms with Crippen molar-refractivity contribution >= 4 is 45.0 Å². The number of aromatic nitrogens is 4. The molecule has 0 unspecified atom stereocenters. The minimum Gasteiger partial charge on any atom is -0.495 e. The van der Waals surface area contributed by atoms with Gasteiger partial charge in [-0.25, -0.2) is 18.1 Å². The fourth-order valence-corrected chi connectivity index (χ4v) is 5.21. The van der Waals surface area contributed by atoms with Crippen LogP contribution in [0.5, 0.6) is 5.75 Å². The van der Waals surface area contributed by atoms with Gasteiger partial charge >= 0.3 is 0 Å². The maximum Gasteiger partial charge on any atom is 0.254 e. The Labute approximate surface area is 231 Å². The molecule has 2 aromatic heterocycles. The third-order valence-corrected chi connectivity index (χ3v) is 7.88. The molecule has 3 aromatic rings. The number of nitrogens with two attached hydrogens (primary N) is 1.